The number of rotatable bonds is 30. The maximum Gasteiger partial charge on any atom is 0.0805 e. The van der Waals surface area contributed by atoms with Gasteiger partial charge in [0.2, 0.25) is 0 Å². The zero-order valence-corrected chi connectivity index (χ0v) is 24.2. The predicted molar refractivity (Wildman–Crippen MR) is 153 cm³/mol. The van der Waals surface area contributed by atoms with E-state index in [0.717, 1.165) is 26.2 Å². The molecule has 0 unspecified atom stereocenters. The fraction of sp³-hybridized carbons (Fsp3) is 1.00. The highest BCUT2D eigenvalue weighted by molar-refractivity contribution is 4.55. The van der Waals surface area contributed by atoms with Gasteiger partial charge in [0.05, 0.1) is 12.7 Å². The first-order valence-corrected chi connectivity index (χ1v) is 16.0. The van der Waals surface area contributed by atoms with Crippen LogP contribution in [0.5, 0.6) is 0 Å². The van der Waals surface area contributed by atoms with E-state index in [2.05, 4.69) is 20.8 Å². The van der Waals surface area contributed by atoms with Crippen molar-refractivity contribution in [2.75, 3.05) is 19.8 Å². The number of hydrogen-bond acceptors (Lipinski definition) is 2. The van der Waals surface area contributed by atoms with Crippen LogP contribution in [-0.4, -0.2) is 25.9 Å². The third kappa shape index (κ3) is 28.2. The Bertz CT molecular complexity index is 344. The molecule has 2 heteroatoms. The van der Waals surface area contributed by atoms with E-state index in [-0.39, 0.29) is 0 Å². The van der Waals surface area contributed by atoms with Gasteiger partial charge in [-0.05, 0) is 19.3 Å². The second-order valence-corrected chi connectivity index (χ2v) is 10.8. The molecule has 0 aromatic rings. The maximum atomic E-state index is 6.07. The summed E-state index contributed by atoms with van der Waals surface area (Å²) in [7, 11) is 0. The van der Waals surface area contributed by atoms with E-state index in [1.54, 1.807) is 0 Å². The second-order valence-electron chi connectivity index (χ2n) is 10.8. The van der Waals surface area contributed by atoms with Crippen molar-refractivity contribution in [3.05, 3.63) is 0 Å². The average Bonchev–Trinajstić information content (AvgIpc) is 2.85. The summed E-state index contributed by atoms with van der Waals surface area (Å²) in [5, 5.41) is 0. The van der Waals surface area contributed by atoms with Crippen molar-refractivity contribution in [3.63, 3.8) is 0 Å². The predicted octanol–water partition coefficient (Wildman–Crippen LogP) is 11.2. The summed E-state index contributed by atoms with van der Waals surface area (Å²) in [5.41, 5.74) is 0. The standard InChI is InChI=1S/C32H66O2/c1-4-7-9-11-13-15-17-19-21-23-25-27-29-33-31-32(6-3)34-30-28-26-24-22-20-18-16-14-12-10-8-5-2/h32H,4-31H2,1-3H3/t32-/m1/s1. The van der Waals surface area contributed by atoms with E-state index in [9.17, 15) is 0 Å². The minimum Gasteiger partial charge on any atom is -0.379 e. The lowest BCUT2D eigenvalue weighted by atomic mass is 10.1. The van der Waals surface area contributed by atoms with E-state index in [4.69, 9.17) is 9.47 Å². The molecule has 0 aliphatic heterocycles. The molecule has 0 heterocycles. The molecular formula is C32H66O2. The van der Waals surface area contributed by atoms with Crippen molar-refractivity contribution in [1.82, 2.24) is 0 Å². The SMILES string of the molecule is CCCCCCCCCCCCCCOC[C@@H](CC)OCCCCCCCCCCCCCC. The summed E-state index contributed by atoms with van der Waals surface area (Å²) >= 11 is 0. The molecule has 34 heavy (non-hydrogen) atoms. The lowest BCUT2D eigenvalue weighted by Gasteiger charge is -2.16. The molecule has 0 radical (unpaired) electrons. The number of hydrogen-bond donors (Lipinski definition) is 0. The zero-order chi connectivity index (χ0) is 24.8. The highest BCUT2D eigenvalue weighted by atomic mass is 16.5. The van der Waals surface area contributed by atoms with Gasteiger partial charge >= 0.3 is 0 Å². The topological polar surface area (TPSA) is 18.5 Å². The van der Waals surface area contributed by atoms with Crippen molar-refractivity contribution in [2.24, 2.45) is 0 Å². The highest BCUT2D eigenvalue weighted by Crippen LogP contribution is 2.13. The molecule has 0 spiro atoms. The Kier molecular flexibility index (Phi) is 30.9. The average molecular weight is 483 g/mol. The molecule has 0 N–H and O–H groups in total. The highest BCUT2D eigenvalue weighted by Gasteiger charge is 2.06. The van der Waals surface area contributed by atoms with Gasteiger partial charge in [-0.15, -0.1) is 0 Å². The molecule has 0 bridgehead atoms. The van der Waals surface area contributed by atoms with Gasteiger partial charge < -0.3 is 9.47 Å². The van der Waals surface area contributed by atoms with Gasteiger partial charge in [0.1, 0.15) is 0 Å². The van der Waals surface area contributed by atoms with Crippen LogP contribution in [0, 0.1) is 0 Å². The fourth-order valence-electron chi connectivity index (χ4n) is 4.74. The molecule has 1 atom stereocenters. The van der Waals surface area contributed by atoms with Gasteiger partial charge in [0.15, 0.2) is 0 Å². The van der Waals surface area contributed by atoms with Crippen LogP contribution >= 0.6 is 0 Å². The van der Waals surface area contributed by atoms with Crippen molar-refractivity contribution < 1.29 is 9.47 Å². The quantitative estimate of drug-likeness (QED) is 0.0947. The van der Waals surface area contributed by atoms with Crippen molar-refractivity contribution in [3.8, 4) is 0 Å². The minimum absolute atomic E-state index is 0.296. The Hall–Kier alpha value is -0.0800. The van der Waals surface area contributed by atoms with Crippen molar-refractivity contribution >= 4 is 0 Å². The maximum absolute atomic E-state index is 6.07. The van der Waals surface area contributed by atoms with E-state index >= 15 is 0 Å². The lowest BCUT2D eigenvalue weighted by Crippen LogP contribution is -2.20. The Balaban J connectivity index is 3.26. The van der Waals surface area contributed by atoms with Crippen LogP contribution in [0.3, 0.4) is 0 Å². The largest absolute Gasteiger partial charge is 0.379 e. The molecule has 0 amide bonds. The summed E-state index contributed by atoms with van der Waals surface area (Å²) in [6, 6.07) is 0. The molecular weight excluding hydrogens is 416 g/mol. The molecule has 0 aromatic carbocycles. The Labute approximate surface area is 216 Å². The van der Waals surface area contributed by atoms with Gasteiger partial charge in [0.25, 0.3) is 0 Å². The fourth-order valence-corrected chi connectivity index (χ4v) is 4.74. The van der Waals surface area contributed by atoms with Gasteiger partial charge in [-0.1, -0.05) is 162 Å². The molecule has 0 saturated carbocycles. The van der Waals surface area contributed by atoms with E-state index in [0.29, 0.717) is 6.10 Å². The van der Waals surface area contributed by atoms with Crippen LogP contribution in [0.2, 0.25) is 0 Å². The van der Waals surface area contributed by atoms with Crippen LogP contribution in [-0.2, 0) is 9.47 Å². The molecule has 0 saturated heterocycles. The summed E-state index contributed by atoms with van der Waals surface area (Å²) in [4.78, 5) is 0. The third-order valence-corrected chi connectivity index (χ3v) is 7.25. The van der Waals surface area contributed by atoms with Crippen molar-refractivity contribution in [2.45, 2.75) is 187 Å². The molecule has 2 nitrogen and oxygen atoms in total. The van der Waals surface area contributed by atoms with Crippen LogP contribution in [0.25, 0.3) is 0 Å². The number of ether oxygens (including phenoxy) is 2. The summed E-state index contributed by atoms with van der Waals surface area (Å²) in [6.07, 6.45) is 34.9. The minimum atomic E-state index is 0.296. The molecule has 0 aliphatic rings. The lowest BCUT2D eigenvalue weighted by molar-refractivity contribution is -0.0200. The van der Waals surface area contributed by atoms with Crippen LogP contribution in [0.4, 0.5) is 0 Å². The molecule has 206 valence electrons. The second kappa shape index (κ2) is 31.0. The van der Waals surface area contributed by atoms with E-state index in [1.807, 2.05) is 0 Å². The molecule has 0 aliphatic carbocycles. The first kappa shape index (κ1) is 33.9. The van der Waals surface area contributed by atoms with Gasteiger partial charge in [-0.3, -0.25) is 0 Å². The first-order valence-electron chi connectivity index (χ1n) is 16.0. The van der Waals surface area contributed by atoms with E-state index < -0.39 is 0 Å². The van der Waals surface area contributed by atoms with Crippen molar-refractivity contribution in [1.29, 1.82) is 0 Å². The normalized spacial score (nSPS) is 12.4. The Morgan fingerprint density at radius 3 is 1.06 bits per heavy atom. The van der Waals surface area contributed by atoms with Crippen LogP contribution < -0.4 is 0 Å². The smallest absolute Gasteiger partial charge is 0.0805 e. The van der Waals surface area contributed by atoms with Gasteiger partial charge in [-0.25, -0.2) is 0 Å². The first-order chi connectivity index (χ1) is 16.8. The molecule has 0 rings (SSSR count). The third-order valence-electron chi connectivity index (χ3n) is 7.25. The Morgan fingerprint density at radius 2 is 0.706 bits per heavy atom. The van der Waals surface area contributed by atoms with Crippen LogP contribution in [0.1, 0.15) is 181 Å². The van der Waals surface area contributed by atoms with Crippen LogP contribution in [0.15, 0.2) is 0 Å². The zero-order valence-electron chi connectivity index (χ0n) is 24.2. The van der Waals surface area contributed by atoms with Gasteiger partial charge in [0, 0.05) is 13.2 Å². The number of unbranched alkanes of at least 4 members (excludes halogenated alkanes) is 22. The van der Waals surface area contributed by atoms with E-state index in [1.165, 1.54) is 154 Å². The molecule has 0 aromatic heterocycles. The molecule has 0 fully saturated rings. The van der Waals surface area contributed by atoms with Gasteiger partial charge in [-0.2, -0.15) is 0 Å². The summed E-state index contributed by atoms with van der Waals surface area (Å²) in [6.45, 7) is 9.42. The summed E-state index contributed by atoms with van der Waals surface area (Å²) in [5.74, 6) is 0. The Morgan fingerprint density at radius 1 is 0.382 bits per heavy atom. The summed E-state index contributed by atoms with van der Waals surface area (Å²) < 4.78 is 12.0. The monoisotopic (exact) mass is 483 g/mol.